The first-order valence-electron chi connectivity index (χ1n) is 4.82. The minimum atomic E-state index is 0.316. The van der Waals surface area contributed by atoms with Crippen LogP contribution in [0.4, 0.5) is 5.69 Å². The number of halogens is 1. The van der Waals surface area contributed by atoms with Gasteiger partial charge in [-0.05, 0) is 38.1 Å². The molecule has 1 unspecified atom stereocenters. The monoisotopic (exact) mass is 213 g/mol. The van der Waals surface area contributed by atoms with Crippen molar-refractivity contribution in [1.29, 1.82) is 0 Å². The zero-order chi connectivity index (χ0) is 10.4. The zero-order valence-corrected chi connectivity index (χ0v) is 9.34. The van der Waals surface area contributed by atoms with Crippen LogP contribution in [0.15, 0.2) is 24.3 Å². The average molecular weight is 214 g/mol. The van der Waals surface area contributed by atoms with Crippen LogP contribution in [0, 0.1) is 0 Å². The number of rotatable bonds is 5. The first-order chi connectivity index (χ1) is 6.72. The highest BCUT2D eigenvalue weighted by Gasteiger charge is 2.00. The van der Waals surface area contributed by atoms with Crippen molar-refractivity contribution in [3.8, 4) is 0 Å². The molecule has 3 heteroatoms. The lowest BCUT2D eigenvalue weighted by Crippen LogP contribution is -2.21. The lowest BCUT2D eigenvalue weighted by Gasteiger charge is -2.14. The van der Waals surface area contributed by atoms with Crippen LogP contribution >= 0.6 is 11.6 Å². The molecule has 0 saturated carbocycles. The van der Waals surface area contributed by atoms with Crippen LogP contribution in [0.25, 0.3) is 0 Å². The Morgan fingerprint density at radius 3 is 2.57 bits per heavy atom. The van der Waals surface area contributed by atoms with E-state index in [9.17, 15) is 0 Å². The second-order valence-electron chi connectivity index (χ2n) is 3.21. The summed E-state index contributed by atoms with van der Waals surface area (Å²) in [7, 11) is 0. The van der Waals surface area contributed by atoms with Gasteiger partial charge < -0.3 is 10.1 Å². The first kappa shape index (κ1) is 11.3. The molecule has 0 spiro atoms. The summed E-state index contributed by atoms with van der Waals surface area (Å²) in [6.45, 7) is 5.56. The van der Waals surface area contributed by atoms with E-state index in [-0.39, 0.29) is 0 Å². The van der Waals surface area contributed by atoms with E-state index in [4.69, 9.17) is 16.3 Å². The largest absolute Gasteiger partial charge is 0.380 e. The summed E-state index contributed by atoms with van der Waals surface area (Å²) in [6.07, 6.45) is 0. The molecule has 78 valence electrons. The normalized spacial score (nSPS) is 12.5. The van der Waals surface area contributed by atoms with Crippen LogP contribution in [0.2, 0.25) is 5.02 Å². The average Bonchev–Trinajstić information content (AvgIpc) is 2.18. The van der Waals surface area contributed by atoms with Gasteiger partial charge in [0.25, 0.3) is 0 Å². The summed E-state index contributed by atoms with van der Waals surface area (Å²) in [5.41, 5.74) is 1.07. The van der Waals surface area contributed by atoms with Gasteiger partial charge in [0.15, 0.2) is 0 Å². The molecule has 1 N–H and O–H groups in total. The van der Waals surface area contributed by atoms with E-state index >= 15 is 0 Å². The van der Waals surface area contributed by atoms with Gasteiger partial charge in [-0.1, -0.05) is 11.6 Å². The number of benzene rings is 1. The lowest BCUT2D eigenvalue weighted by molar-refractivity contribution is 0.141. The van der Waals surface area contributed by atoms with Crippen LogP contribution in [0.1, 0.15) is 13.8 Å². The molecule has 1 aromatic rings. The van der Waals surface area contributed by atoms with E-state index in [0.717, 1.165) is 23.9 Å². The van der Waals surface area contributed by atoms with E-state index in [0.29, 0.717) is 6.04 Å². The molecule has 0 radical (unpaired) electrons. The third kappa shape index (κ3) is 3.99. The molecule has 0 aromatic heterocycles. The third-order valence-corrected chi connectivity index (χ3v) is 2.08. The minimum absolute atomic E-state index is 0.316. The quantitative estimate of drug-likeness (QED) is 0.811. The van der Waals surface area contributed by atoms with Crippen molar-refractivity contribution in [2.75, 3.05) is 18.5 Å². The minimum Gasteiger partial charge on any atom is -0.380 e. The van der Waals surface area contributed by atoms with Crippen LogP contribution in [-0.4, -0.2) is 19.3 Å². The van der Waals surface area contributed by atoms with Gasteiger partial charge in [0, 0.05) is 23.4 Å². The number of ether oxygens (including phenoxy) is 1. The van der Waals surface area contributed by atoms with E-state index in [1.165, 1.54) is 0 Å². The molecule has 1 rings (SSSR count). The number of anilines is 1. The van der Waals surface area contributed by atoms with E-state index in [1.54, 1.807) is 0 Å². The Hall–Kier alpha value is -0.730. The molecule has 0 aliphatic rings. The summed E-state index contributed by atoms with van der Waals surface area (Å²) in [5, 5.41) is 4.08. The highest BCUT2D eigenvalue weighted by molar-refractivity contribution is 6.30. The Morgan fingerprint density at radius 2 is 2.00 bits per heavy atom. The summed E-state index contributed by atoms with van der Waals surface area (Å²) in [5.74, 6) is 0. The van der Waals surface area contributed by atoms with E-state index < -0.39 is 0 Å². The van der Waals surface area contributed by atoms with Crippen molar-refractivity contribution in [3.63, 3.8) is 0 Å². The Labute approximate surface area is 90.2 Å². The predicted octanol–water partition coefficient (Wildman–Crippen LogP) is 3.18. The van der Waals surface area contributed by atoms with Crippen molar-refractivity contribution in [3.05, 3.63) is 29.3 Å². The molecular weight excluding hydrogens is 198 g/mol. The van der Waals surface area contributed by atoms with Gasteiger partial charge in [-0.15, -0.1) is 0 Å². The molecule has 1 aromatic carbocycles. The molecule has 0 heterocycles. The highest BCUT2D eigenvalue weighted by atomic mass is 35.5. The fraction of sp³-hybridized carbons (Fsp3) is 0.455. The number of nitrogens with one attached hydrogen (secondary N) is 1. The summed E-state index contributed by atoms with van der Waals surface area (Å²) in [6, 6.07) is 7.99. The van der Waals surface area contributed by atoms with Crippen LogP contribution < -0.4 is 5.32 Å². The molecule has 0 amide bonds. The van der Waals surface area contributed by atoms with Gasteiger partial charge in [-0.2, -0.15) is 0 Å². The van der Waals surface area contributed by atoms with Crippen molar-refractivity contribution in [2.45, 2.75) is 19.9 Å². The molecule has 0 saturated heterocycles. The van der Waals surface area contributed by atoms with Gasteiger partial charge in [-0.25, -0.2) is 0 Å². The lowest BCUT2D eigenvalue weighted by atomic mass is 10.3. The Balaban J connectivity index is 2.39. The molecular formula is C11H16ClNO. The molecule has 0 aliphatic heterocycles. The maximum Gasteiger partial charge on any atom is 0.0664 e. The Kier molecular flexibility index (Phi) is 4.77. The zero-order valence-electron chi connectivity index (χ0n) is 8.59. The summed E-state index contributed by atoms with van der Waals surface area (Å²) in [4.78, 5) is 0. The number of hydrogen-bond acceptors (Lipinski definition) is 2. The highest BCUT2D eigenvalue weighted by Crippen LogP contribution is 2.14. The smallest absolute Gasteiger partial charge is 0.0664 e. The fourth-order valence-corrected chi connectivity index (χ4v) is 1.29. The van der Waals surface area contributed by atoms with Crippen molar-refractivity contribution in [1.82, 2.24) is 0 Å². The maximum absolute atomic E-state index is 5.78. The standard InChI is InChI=1S/C11H16ClNO/c1-3-14-8-9(2)13-11-6-4-10(12)5-7-11/h4-7,9,13H,3,8H2,1-2H3. The Bertz CT molecular complexity index is 260. The van der Waals surface area contributed by atoms with E-state index in [1.807, 2.05) is 31.2 Å². The first-order valence-corrected chi connectivity index (χ1v) is 5.20. The summed E-state index contributed by atoms with van der Waals surface area (Å²) < 4.78 is 5.30. The van der Waals surface area contributed by atoms with Gasteiger partial charge in [-0.3, -0.25) is 0 Å². The van der Waals surface area contributed by atoms with E-state index in [2.05, 4.69) is 12.2 Å². The molecule has 0 bridgehead atoms. The van der Waals surface area contributed by atoms with Crippen LogP contribution in [-0.2, 0) is 4.74 Å². The second-order valence-corrected chi connectivity index (χ2v) is 3.65. The predicted molar refractivity (Wildman–Crippen MR) is 61.0 cm³/mol. The second kappa shape index (κ2) is 5.89. The fourth-order valence-electron chi connectivity index (χ4n) is 1.17. The summed E-state index contributed by atoms with van der Waals surface area (Å²) >= 11 is 5.78. The van der Waals surface area contributed by atoms with Gasteiger partial charge in [0.1, 0.15) is 0 Å². The van der Waals surface area contributed by atoms with Crippen molar-refractivity contribution < 1.29 is 4.74 Å². The van der Waals surface area contributed by atoms with Gasteiger partial charge in [0.05, 0.1) is 6.61 Å². The maximum atomic E-state index is 5.78. The topological polar surface area (TPSA) is 21.3 Å². The molecule has 0 fully saturated rings. The van der Waals surface area contributed by atoms with Gasteiger partial charge in [0.2, 0.25) is 0 Å². The van der Waals surface area contributed by atoms with Crippen LogP contribution in [0.3, 0.4) is 0 Å². The van der Waals surface area contributed by atoms with Crippen molar-refractivity contribution >= 4 is 17.3 Å². The van der Waals surface area contributed by atoms with Crippen molar-refractivity contribution in [2.24, 2.45) is 0 Å². The van der Waals surface area contributed by atoms with Gasteiger partial charge >= 0.3 is 0 Å². The number of hydrogen-bond donors (Lipinski definition) is 1. The molecule has 2 nitrogen and oxygen atoms in total. The SMILES string of the molecule is CCOCC(C)Nc1ccc(Cl)cc1. The third-order valence-electron chi connectivity index (χ3n) is 1.83. The molecule has 14 heavy (non-hydrogen) atoms. The molecule has 1 atom stereocenters. The molecule has 0 aliphatic carbocycles. The Morgan fingerprint density at radius 1 is 1.36 bits per heavy atom. The van der Waals surface area contributed by atoms with Crippen LogP contribution in [0.5, 0.6) is 0 Å².